The Hall–Kier alpha value is -7.16. The van der Waals surface area contributed by atoms with Crippen LogP contribution in [0.15, 0.2) is 219 Å². The van der Waals surface area contributed by atoms with Gasteiger partial charge in [0.2, 0.25) is 0 Å². The van der Waals surface area contributed by atoms with Crippen LogP contribution in [-0.4, -0.2) is 0 Å². The zero-order valence-corrected chi connectivity index (χ0v) is 33.7. The zero-order valence-electron chi connectivity index (χ0n) is 33.7. The first-order chi connectivity index (χ1) is 28.4. The molecule has 0 saturated heterocycles. The van der Waals surface area contributed by atoms with E-state index in [1.807, 2.05) is 0 Å². The van der Waals surface area contributed by atoms with Crippen LogP contribution < -0.4 is 9.80 Å². The van der Waals surface area contributed by atoms with Crippen LogP contribution in [0.2, 0.25) is 0 Å². The highest BCUT2D eigenvalue weighted by molar-refractivity contribution is 5.86. The van der Waals surface area contributed by atoms with Crippen LogP contribution in [-0.2, 0) is 0 Å². The van der Waals surface area contributed by atoms with E-state index in [-0.39, 0.29) is 0 Å². The van der Waals surface area contributed by atoms with Crippen LogP contribution in [0.3, 0.4) is 0 Å². The van der Waals surface area contributed by atoms with Gasteiger partial charge in [-0.15, -0.1) is 0 Å². The zero-order chi connectivity index (χ0) is 39.8. The van der Waals surface area contributed by atoms with Crippen molar-refractivity contribution < 1.29 is 0 Å². The summed E-state index contributed by atoms with van der Waals surface area (Å²) in [5, 5.41) is 0. The van der Waals surface area contributed by atoms with Crippen LogP contribution in [0.25, 0.3) is 22.3 Å². The van der Waals surface area contributed by atoms with Crippen LogP contribution >= 0.6 is 0 Å². The minimum absolute atomic E-state index is 1.10. The molecular formula is C56H48N2. The Morgan fingerprint density at radius 3 is 0.914 bits per heavy atom. The van der Waals surface area contributed by atoms with E-state index in [0.717, 1.165) is 45.0 Å². The molecule has 8 rings (SSSR count). The highest BCUT2D eigenvalue weighted by Gasteiger charge is 2.17. The Morgan fingerprint density at radius 2 is 0.621 bits per heavy atom. The van der Waals surface area contributed by atoms with E-state index in [0.29, 0.717) is 0 Å². The van der Waals surface area contributed by atoms with Gasteiger partial charge in [-0.05, 0) is 120 Å². The number of nitrogens with zero attached hydrogens (tertiary/aromatic N) is 2. The molecule has 0 amide bonds. The molecule has 8 aromatic rings. The fourth-order valence-corrected chi connectivity index (χ4v) is 7.51. The van der Waals surface area contributed by atoms with Gasteiger partial charge in [0.15, 0.2) is 0 Å². The van der Waals surface area contributed by atoms with E-state index in [4.69, 9.17) is 0 Å². The lowest BCUT2D eigenvalue weighted by atomic mass is 9.98. The third-order valence-electron chi connectivity index (χ3n) is 10.7. The van der Waals surface area contributed by atoms with E-state index in [9.17, 15) is 0 Å². The molecule has 0 aromatic heterocycles. The monoisotopic (exact) mass is 748 g/mol. The molecule has 0 spiro atoms. The Balaban J connectivity index is 1.19. The van der Waals surface area contributed by atoms with Crippen LogP contribution in [0, 0.1) is 27.7 Å². The second kappa shape index (κ2) is 17.3. The molecule has 0 fully saturated rings. The molecule has 0 unspecified atom stereocenters. The lowest BCUT2D eigenvalue weighted by molar-refractivity contribution is 1.23. The van der Waals surface area contributed by atoms with Crippen molar-refractivity contribution in [3.8, 4) is 11.1 Å². The number of aryl methyl sites for hydroxylation is 4. The van der Waals surface area contributed by atoms with Gasteiger partial charge in [0, 0.05) is 46.3 Å². The Kier molecular flexibility index (Phi) is 11.3. The molecule has 0 atom stereocenters. The van der Waals surface area contributed by atoms with Crippen molar-refractivity contribution in [2.45, 2.75) is 27.7 Å². The molecule has 0 radical (unpaired) electrons. The van der Waals surface area contributed by atoms with Crippen LogP contribution in [0.4, 0.5) is 22.7 Å². The summed E-state index contributed by atoms with van der Waals surface area (Å²) >= 11 is 0. The number of rotatable bonds is 11. The summed E-state index contributed by atoms with van der Waals surface area (Å²) in [5.74, 6) is 0. The van der Waals surface area contributed by atoms with Gasteiger partial charge in [0.1, 0.15) is 0 Å². The van der Waals surface area contributed by atoms with Gasteiger partial charge in [0.05, 0.1) is 0 Å². The molecule has 0 aliphatic heterocycles. The number of hydrogen-bond acceptors (Lipinski definition) is 2. The summed E-state index contributed by atoms with van der Waals surface area (Å²) in [6.45, 7) is 8.70. The smallest absolute Gasteiger partial charge is 0.0487 e. The van der Waals surface area contributed by atoms with E-state index in [1.165, 1.54) is 44.5 Å². The second-order valence-corrected chi connectivity index (χ2v) is 15.0. The summed E-state index contributed by atoms with van der Waals surface area (Å²) in [7, 11) is 0. The standard InChI is InChI=1S/C56H48N2/c1-41-25-27-43(3)55(37-41)57(39-53(47-17-9-5-10-18-47)48-19-11-6-12-20-48)51-33-29-45(30-34-51)46-31-35-52(36-32-46)58(56-38-42(2)26-28-44(56)4)40-54(49-21-13-7-14-22-49)50-23-15-8-16-24-50/h5-40H,1-4H3. The summed E-state index contributed by atoms with van der Waals surface area (Å²) in [4.78, 5) is 4.69. The number of anilines is 4. The molecule has 0 bridgehead atoms. The molecule has 2 heteroatoms. The molecule has 58 heavy (non-hydrogen) atoms. The van der Waals surface area contributed by atoms with Crippen molar-refractivity contribution in [2.75, 3.05) is 9.80 Å². The Labute approximate surface area is 344 Å². The maximum Gasteiger partial charge on any atom is 0.0487 e. The molecule has 0 aliphatic rings. The van der Waals surface area contributed by atoms with Crippen molar-refractivity contribution >= 4 is 33.9 Å². The first kappa shape index (κ1) is 37.7. The van der Waals surface area contributed by atoms with Crippen molar-refractivity contribution in [1.82, 2.24) is 0 Å². The summed E-state index contributed by atoms with van der Waals surface area (Å²) in [6.07, 6.45) is 4.59. The predicted molar refractivity (Wildman–Crippen MR) is 248 cm³/mol. The third kappa shape index (κ3) is 8.48. The van der Waals surface area contributed by atoms with Crippen molar-refractivity contribution in [1.29, 1.82) is 0 Å². The van der Waals surface area contributed by atoms with Gasteiger partial charge >= 0.3 is 0 Å². The lowest BCUT2D eigenvalue weighted by Gasteiger charge is -2.26. The van der Waals surface area contributed by atoms with Gasteiger partial charge < -0.3 is 9.80 Å². The summed E-state index contributed by atoms with van der Waals surface area (Å²) in [6, 6.07) is 74.0. The molecule has 8 aromatic carbocycles. The van der Waals surface area contributed by atoms with E-state index in [2.05, 4.69) is 256 Å². The summed E-state index contributed by atoms with van der Waals surface area (Å²) < 4.78 is 0. The van der Waals surface area contributed by atoms with Gasteiger partial charge in [-0.25, -0.2) is 0 Å². The third-order valence-corrected chi connectivity index (χ3v) is 10.7. The van der Waals surface area contributed by atoms with Gasteiger partial charge in [-0.1, -0.05) is 170 Å². The molecule has 282 valence electrons. The number of hydrogen-bond donors (Lipinski definition) is 0. The highest BCUT2D eigenvalue weighted by Crippen LogP contribution is 2.37. The van der Waals surface area contributed by atoms with Crippen LogP contribution in [0.1, 0.15) is 44.5 Å². The Morgan fingerprint density at radius 1 is 0.328 bits per heavy atom. The van der Waals surface area contributed by atoms with E-state index < -0.39 is 0 Å². The molecule has 0 aliphatic carbocycles. The molecule has 2 nitrogen and oxygen atoms in total. The minimum Gasteiger partial charge on any atom is -0.316 e. The van der Waals surface area contributed by atoms with Crippen molar-refractivity contribution in [2.24, 2.45) is 0 Å². The lowest BCUT2D eigenvalue weighted by Crippen LogP contribution is -2.12. The largest absolute Gasteiger partial charge is 0.316 e. The van der Waals surface area contributed by atoms with E-state index >= 15 is 0 Å². The summed E-state index contributed by atoms with van der Waals surface area (Å²) in [5.41, 5.74) is 18.7. The van der Waals surface area contributed by atoms with E-state index in [1.54, 1.807) is 0 Å². The van der Waals surface area contributed by atoms with Crippen molar-refractivity contribution in [3.63, 3.8) is 0 Å². The highest BCUT2D eigenvalue weighted by atomic mass is 15.1. The minimum atomic E-state index is 1.10. The Bertz CT molecular complexity index is 2390. The first-order valence-electron chi connectivity index (χ1n) is 20.0. The van der Waals surface area contributed by atoms with Gasteiger partial charge in [-0.3, -0.25) is 0 Å². The maximum atomic E-state index is 2.34. The SMILES string of the molecule is Cc1ccc(C)c(N(C=C(c2ccccc2)c2ccccc2)c2ccc(-c3ccc(N(C=C(c4ccccc4)c4ccccc4)c4cc(C)ccc4C)cc3)cc2)c1. The maximum absolute atomic E-state index is 2.34. The second-order valence-electron chi connectivity index (χ2n) is 15.0. The molecule has 0 N–H and O–H groups in total. The quantitative estimate of drug-likeness (QED) is 0.130. The van der Waals surface area contributed by atoms with Crippen LogP contribution in [0.5, 0.6) is 0 Å². The molecular weight excluding hydrogens is 701 g/mol. The number of benzene rings is 8. The fraction of sp³-hybridized carbons (Fsp3) is 0.0714. The first-order valence-corrected chi connectivity index (χ1v) is 20.0. The predicted octanol–water partition coefficient (Wildman–Crippen LogP) is 15.0. The molecule has 0 heterocycles. The average molecular weight is 749 g/mol. The van der Waals surface area contributed by atoms with Crippen molar-refractivity contribution in [3.05, 3.63) is 263 Å². The van der Waals surface area contributed by atoms with Gasteiger partial charge in [-0.2, -0.15) is 0 Å². The molecule has 0 saturated carbocycles. The average Bonchev–Trinajstić information content (AvgIpc) is 3.28. The normalized spacial score (nSPS) is 10.8. The van der Waals surface area contributed by atoms with Gasteiger partial charge in [0.25, 0.3) is 0 Å². The topological polar surface area (TPSA) is 6.48 Å². The fourth-order valence-electron chi connectivity index (χ4n) is 7.51.